The normalized spacial score (nSPS) is 10.7. The zero-order valence-corrected chi connectivity index (χ0v) is 10.0. The highest BCUT2D eigenvalue weighted by molar-refractivity contribution is 5.77. The third-order valence-electron chi connectivity index (χ3n) is 2.03. The number of nitrogens with zero attached hydrogens (tertiary/aromatic N) is 1. The van der Waals surface area contributed by atoms with Gasteiger partial charge in [0.15, 0.2) is 0 Å². The fraction of sp³-hybridized carbons (Fsp3) is 0.900. The van der Waals surface area contributed by atoms with Crippen LogP contribution in [0.3, 0.4) is 0 Å². The summed E-state index contributed by atoms with van der Waals surface area (Å²) in [7, 11) is 3.70. The molecule has 1 amide bonds. The van der Waals surface area contributed by atoms with E-state index in [1.54, 1.807) is 7.11 Å². The number of carbonyl (C=O) groups excluding carboxylic acids is 1. The summed E-state index contributed by atoms with van der Waals surface area (Å²) in [6, 6.07) is 0. The van der Waals surface area contributed by atoms with Crippen LogP contribution in [0.1, 0.15) is 6.92 Å². The summed E-state index contributed by atoms with van der Waals surface area (Å²) in [5, 5.41) is 5.82. The summed E-state index contributed by atoms with van der Waals surface area (Å²) in [6.45, 7) is 6.35. The summed E-state index contributed by atoms with van der Waals surface area (Å²) in [5.74, 6) is 0.0528. The van der Waals surface area contributed by atoms with Crippen LogP contribution >= 0.6 is 0 Å². The van der Waals surface area contributed by atoms with E-state index in [1.807, 2.05) is 14.0 Å². The van der Waals surface area contributed by atoms with Gasteiger partial charge in [-0.3, -0.25) is 4.79 Å². The molecular weight excluding hydrogens is 194 g/mol. The summed E-state index contributed by atoms with van der Waals surface area (Å²) in [4.78, 5) is 13.3. The molecule has 5 heteroatoms. The number of hydrogen-bond acceptors (Lipinski definition) is 4. The third kappa shape index (κ3) is 9.65. The first-order chi connectivity index (χ1) is 7.20. The molecule has 0 saturated carbocycles. The van der Waals surface area contributed by atoms with E-state index in [1.165, 1.54) is 0 Å². The molecule has 0 saturated heterocycles. The lowest BCUT2D eigenvalue weighted by Gasteiger charge is -2.16. The van der Waals surface area contributed by atoms with Crippen LogP contribution in [0, 0.1) is 0 Å². The van der Waals surface area contributed by atoms with Gasteiger partial charge in [-0.25, -0.2) is 0 Å². The SMILES string of the molecule is CCNCC(=O)NCCN(C)CCOC. The summed E-state index contributed by atoms with van der Waals surface area (Å²) >= 11 is 0. The van der Waals surface area contributed by atoms with Gasteiger partial charge in [0.1, 0.15) is 0 Å². The Balaban J connectivity index is 3.31. The fourth-order valence-electron chi connectivity index (χ4n) is 1.05. The van der Waals surface area contributed by atoms with Crippen molar-refractivity contribution >= 4 is 5.91 Å². The molecule has 0 fully saturated rings. The zero-order valence-electron chi connectivity index (χ0n) is 10.0. The lowest BCUT2D eigenvalue weighted by molar-refractivity contribution is -0.120. The number of carbonyl (C=O) groups is 1. The molecule has 0 heterocycles. The minimum atomic E-state index is 0.0528. The van der Waals surface area contributed by atoms with Crippen LogP contribution in [0.15, 0.2) is 0 Å². The van der Waals surface area contributed by atoms with Gasteiger partial charge >= 0.3 is 0 Å². The van der Waals surface area contributed by atoms with Gasteiger partial charge in [-0.05, 0) is 13.6 Å². The quantitative estimate of drug-likeness (QED) is 0.536. The monoisotopic (exact) mass is 217 g/mol. The largest absolute Gasteiger partial charge is 0.383 e. The third-order valence-corrected chi connectivity index (χ3v) is 2.03. The summed E-state index contributed by atoms with van der Waals surface area (Å²) in [5.41, 5.74) is 0. The Morgan fingerprint density at radius 2 is 2.13 bits per heavy atom. The van der Waals surface area contributed by atoms with Crippen LogP contribution in [-0.4, -0.2) is 64.3 Å². The highest BCUT2D eigenvalue weighted by Crippen LogP contribution is 1.80. The van der Waals surface area contributed by atoms with Gasteiger partial charge in [-0.15, -0.1) is 0 Å². The molecule has 0 aromatic carbocycles. The smallest absolute Gasteiger partial charge is 0.234 e. The Kier molecular flexibility index (Phi) is 9.46. The molecule has 0 spiro atoms. The van der Waals surface area contributed by atoms with Crippen molar-refractivity contribution < 1.29 is 9.53 Å². The van der Waals surface area contributed by atoms with Crippen molar-refractivity contribution in [2.24, 2.45) is 0 Å². The molecule has 5 nitrogen and oxygen atoms in total. The van der Waals surface area contributed by atoms with Gasteiger partial charge in [0.25, 0.3) is 0 Å². The van der Waals surface area contributed by atoms with Crippen LogP contribution < -0.4 is 10.6 Å². The second-order valence-corrected chi connectivity index (χ2v) is 3.43. The van der Waals surface area contributed by atoms with E-state index in [0.717, 1.165) is 26.2 Å². The van der Waals surface area contributed by atoms with Gasteiger partial charge in [0, 0.05) is 26.7 Å². The molecule has 0 aromatic rings. The molecule has 0 radical (unpaired) electrons. The molecule has 0 unspecified atom stereocenters. The van der Waals surface area contributed by atoms with E-state index >= 15 is 0 Å². The van der Waals surface area contributed by atoms with Gasteiger partial charge in [-0.2, -0.15) is 0 Å². The molecule has 0 atom stereocenters. The van der Waals surface area contributed by atoms with E-state index in [4.69, 9.17) is 4.74 Å². The first-order valence-electron chi connectivity index (χ1n) is 5.35. The van der Waals surface area contributed by atoms with E-state index in [0.29, 0.717) is 13.1 Å². The molecule has 0 aliphatic rings. The van der Waals surface area contributed by atoms with Crippen molar-refractivity contribution in [1.82, 2.24) is 15.5 Å². The van der Waals surface area contributed by atoms with Crippen LogP contribution in [0.5, 0.6) is 0 Å². The molecule has 0 aliphatic carbocycles. The zero-order chi connectivity index (χ0) is 11.5. The molecule has 0 rings (SSSR count). The Morgan fingerprint density at radius 3 is 2.73 bits per heavy atom. The van der Waals surface area contributed by atoms with Gasteiger partial charge in [0.05, 0.1) is 13.2 Å². The second-order valence-electron chi connectivity index (χ2n) is 3.43. The van der Waals surface area contributed by atoms with Crippen LogP contribution in [0.25, 0.3) is 0 Å². The summed E-state index contributed by atoms with van der Waals surface area (Å²) < 4.78 is 4.95. The van der Waals surface area contributed by atoms with Crippen LogP contribution in [0.2, 0.25) is 0 Å². The lowest BCUT2D eigenvalue weighted by atomic mass is 10.5. The average Bonchev–Trinajstić information content (AvgIpc) is 2.23. The molecule has 0 aromatic heterocycles. The predicted molar refractivity (Wildman–Crippen MR) is 60.9 cm³/mol. The highest BCUT2D eigenvalue weighted by Gasteiger charge is 2.00. The molecule has 90 valence electrons. The minimum Gasteiger partial charge on any atom is -0.383 e. The lowest BCUT2D eigenvalue weighted by Crippen LogP contribution is -2.38. The molecular formula is C10H23N3O2. The standard InChI is InChI=1S/C10H23N3O2/c1-4-11-9-10(14)12-5-6-13(2)7-8-15-3/h11H,4-9H2,1-3H3,(H,12,14). The van der Waals surface area contributed by atoms with Gasteiger partial charge < -0.3 is 20.3 Å². The second kappa shape index (κ2) is 9.89. The van der Waals surface area contributed by atoms with E-state index in [-0.39, 0.29) is 5.91 Å². The van der Waals surface area contributed by atoms with Crippen molar-refractivity contribution in [3.63, 3.8) is 0 Å². The Hall–Kier alpha value is -0.650. The Morgan fingerprint density at radius 1 is 1.40 bits per heavy atom. The number of amides is 1. The maximum Gasteiger partial charge on any atom is 0.234 e. The van der Waals surface area contributed by atoms with Crippen LogP contribution in [0.4, 0.5) is 0 Å². The van der Waals surface area contributed by atoms with E-state index in [2.05, 4.69) is 15.5 Å². The number of hydrogen-bond donors (Lipinski definition) is 2. The first-order valence-corrected chi connectivity index (χ1v) is 5.35. The minimum absolute atomic E-state index is 0.0528. The van der Waals surface area contributed by atoms with Gasteiger partial charge in [-0.1, -0.05) is 6.92 Å². The highest BCUT2D eigenvalue weighted by atomic mass is 16.5. The number of likely N-dealkylation sites (N-methyl/N-ethyl adjacent to an activating group) is 2. The van der Waals surface area contributed by atoms with Crippen molar-refractivity contribution in [3.8, 4) is 0 Å². The van der Waals surface area contributed by atoms with Crippen LogP contribution in [-0.2, 0) is 9.53 Å². The fourth-order valence-corrected chi connectivity index (χ4v) is 1.05. The maximum atomic E-state index is 11.2. The van der Waals surface area contributed by atoms with Crippen molar-refractivity contribution in [3.05, 3.63) is 0 Å². The number of methoxy groups -OCH3 is 1. The van der Waals surface area contributed by atoms with Crippen molar-refractivity contribution in [2.45, 2.75) is 6.92 Å². The van der Waals surface area contributed by atoms with E-state index < -0.39 is 0 Å². The average molecular weight is 217 g/mol. The maximum absolute atomic E-state index is 11.2. The Bertz CT molecular complexity index is 165. The van der Waals surface area contributed by atoms with E-state index in [9.17, 15) is 4.79 Å². The topological polar surface area (TPSA) is 53.6 Å². The number of nitrogens with one attached hydrogen (secondary N) is 2. The summed E-state index contributed by atoms with van der Waals surface area (Å²) in [6.07, 6.45) is 0. The van der Waals surface area contributed by atoms with Crippen molar-refractivity contribution in [2.75, 3.05) is 53.5 Å². The predicted octanol–water partition coefficient (Wildman–Crippen LogP) is -0.710. The first kappa shape index (κ1) is 14.3. The molecule has 15 heavy (non-hydrogen) atoms. The molecule has 2 N–H and O–H groups in total. The van der Waals surface area contributed by atoms with Crippen molar-refractivity contribution in [1.29, 1.82) is 0 Å². The number of rotatable bonds is 9. The molecule has 0 bridgehead atoms. The van der Waals surface area contributed by atoms with Gasteiger partial charge in [0.2, 0.25) is 5.91 Å². The number of ether oxygens (including phenoxy) is 1. The molecule has 0 aliphatic heterocycles. The Labute approximate surface area is 92.2 Å².